The Morgan fingerprint density at radius 2 is 0.969 bits per heavy atom. The Balaban J connectivity index is 0.948. The van der Waals surface area contributed by atoms with E-state index in [0.29, 0.717) is 97.3 Å². The van der Waals surface area contributed by atoms with Crippen LogP contribution in [0.15, 0.2) is 59.0 Å². The first kappa shape index (κ1) is 44.2. The fraction of sp³-hybridized carbons (Fsp3) is 0.478. The van der Waals surface area contributed by atoms with Crippen LogP contribution in [0, 0.1) is 0 Å². The second-order valence-corrected chi connectivity index (χ2v) is 15.9. The molecule has 2 aromatic heterocycles. The lowest BCUT2D eigenvalue weighted by Gasteiger charge is -2.39. The van der Waals surface area contributed by atoms with Gasteiger partial charge in [0, 0.05) is 58.9 Å². The molecule has 2 aliphatic carbocycles. The lowest BCUT2D eigenvalue weighted by Crippen LogP contribution is -2.45. The highest BCUT2D eigenvalue weighted by Crippen LogP contribution is 2.47. The summed E-state index contributed by atoms with van der Waals surface area (Å²) in [6.07, 6.45) is 3.66. The number of carbonyl (C=O) groups excluding carboxylic acids is 2. The van der Waals surface area contributed by atoms with E-state index < -0.39 is 36.4 Å². The van der Waals surface area contributed by atoms with E-state index >= 15 is 0 Å². The number of rotatable bonds is 15. The third kappa shape index (κ3) is 8.75. The van der Waals surface area contributed by atoms with Gasteiger partial charge in [-0.15, -0.1) is 0 Å². The fourth-order valence-corrected chi connectivity index (χ4v) is 9.20. The molecule has 2 saturated carbocycles. The molecule has 2 aromatic carbocycles. The molecule has 2 aliphatic heterocycles. The lowest BCUT2D eigenvalue weighted by atomic mass is 9.74. The van der Waals surface area contributed by atoms with E-state index in [4.69, 9.17) is 47.9 Å². The molecule has 8 rings (SSSR count). The summed E-state index contributed by atoms with van der Waals surface area (Å²) < 4.78 is 45.2. The van der Waals surface area contributed by atoms with E-state index in [-0.39, 0.29) is 35.9 Å². The van der Waals surface area contributed by atoms with Gasteiger partial charge >= 0.3 is 24.0 Å². The van der Waals surface area contributed by atoms with E-state index in [9.17, 15) is 19.8 Å². The summed E-state index contributed by atoms with van der Waals surface area (Å²) in [5.74, 6) is -0.471. The minimum absolute atomic E-state index is 0.180. The number of aliphatic hydroxyl groups is 2. The van der Waals surface area contributed by atoms with Crippen LogP contribution in [0.3, 0.4) is 0 Å². The van der Waals surface area contributed by atoms with Crippen LogP contribution in [0.2, 0.25) is 0 Å². The van der Waals surface area contributed by atoms with Crippen LogP contribution in [0.5, 0.6) is 35.0 Å². The second-order valence-electron chi connectivity index (χ2n) is 15.9. The summed E-state index contributed by atoms with van der Waals surface area (Å²) in [7, 11) is 6.12. The minimum Gasteiger partial charge on any atom is -0.493 e. The van der Waals surface area contributed by atoms with E-state index in [1.165, 1.54) is 14.2 Å². The van der Waals surface area contributed by atoms with Crippen molar-refractivity contribution in [2.45, 2.75) is 101 Å². The Hall–Kier alpha value is -6.40. The Morgan fingerprint density at radius 3 is 1.31 bits per heavy atom. The molecule has 2 fully saturated rings. The van der Waals surface area contributed by atoms with E-state index in [0.717, 1.165) is 22.3 Å². The van der Waals surface area contributed by atoms with E-state index in [1.807, 2.05) is 38.1 Å². The summed E-state index contributed by atoms with van der Waals surface area (Å²) in [6, 6.07) is 7.71. The highest BCUT2D eigenvalue weighted by Gasteiger charge is 2.43. The van der Waals surface area contributed by atoms with Gasteiger partial charge in [-0.2, -0.15) is 0 Å². The van der Waals surface area contributed by atoms with Crippen LogP contribution in [0.4, 0.5) is 0 Å². The number of aliphatic hydroxyl groups excluding tert-OH is 2. The third-order valence-corrected chi connectivity index (χ3v) is 12.2. The predicted octanol–water partition coefficient (Wildman–Crippen LogP) is 4.32. The van der Waals surface area contributed by atoms with Crippen LogP contribution >= 0.6 is 0 Å². The molecule has 0 saturated heterocycles. The highest BCUT2D eigenvalue weighted by molar-refractivity contribution is 6.15. The molecule has 0 radical (unpaired) electrons. The number of hydrogen-bond donors (Lipinski definition) is 2. The van der Waals surface area contributed by atoms with E-state index in [1.54, 1.807) is 39.0 Å². The first-order chi connectivity index (χ1) is 31.1. The molecule has 64 heavy (non-hydrogen) atoms. The van der Waals surface area contributed by atoms with Crippen molar-refractivity contribution < 1.29 is 57.7 Å². The number of methoxy groups -OCH3 is 4. The summed E-state index contributed by atoms with van der Waals surface area (Å²) >= 11 is 0. The van der Waals surface area contributed by atoms with Crippen molar-refractivity contribution in [3.63, 3.8) is 0 Å². The number of carbonyl (C=O) groups is 2. The van der Waals surface area contributed by atoms with Crippen molar-refractivity contribution in [2.75, 3.05) is 41.7 Å². The van der Waals surface area contributed by atoms with Gasteiger partial charge in [0.1, 0.15) is 12.2 Å². The number of fused-ring (bicyclic) bond motifs is 6. The highest BCUT2D eigenvalue weighted by atomic mass is 16.6. The smallest absolute Gasteiger partial charge is 0.338 e. The van der Waals surface area contributed by atoms with Gasteiger partial charge in [-0.1, -0.05) is 0 Å². The van der Waals surface area contributed by atoms with Gasteiger partial charge in [-0.25, -0.2) is 29.5 Å². The summed E-state index contributed by atoms with van der Waals surface area (Å²) in [5, 5.41) is 22.0. The molecular formula is C46H52N6O12. The zero-order valence-electron chi connectivity index (χ0n) is 36.6. The summed E-state index contributed by atoms with van der Waals surface area (Å²) in [6.45, 7) is 4.60. The van der Waals surface area contributed by atoms with Crippen LogP contribution in [0.1, 0.15) is 97.6 Å². The molecule has 18 nitrogen and oxygen atoms in total. The van der Waals surface area contributed by atoms with Gasteiger partial charge in [-0.3, -0.25) is 9.98 Å². The molecule has 18 heteroatoms. The average molecular weight is 881 g/mol. The topological polar surface area (TPSA) is 225 Å². The molecular weight excluding hydrogens is 829 g/mol. The number of nitrogens with zero attached hydrogens (tertiary/aromatic N) is 6. The maximum absolute atomic E-state index is 13.4. The van der Waals surface area contributed by atoms with Crippen molar-refractivity contribution in [1.82, 2.24) is 19.9 Å². The van der Waals surface area contributed by atoms with Crippen molar-refractivity contribution in [3.8, 4) is 35.0 Å². The Labute approximate surface area is 370 Å². The Bertz CT molecular complexity index is 2240. The number of benzene rings is 2. The number of hydrogen-bond acceptors (Lipinski definition) is 18. The van der Waals surface area contributed by atoms with Crippen LogP contribution in [0.25, 0.3) is 0 Å². The lowest BCUT2D eigenvalue weighted by molar-refractivity contribution is -0.180. The van der Waals surface area contributed by atoms with Crippen molar-refractivity contribution in [2.24, 2.45) is 9.98 Å². The number of aromatic nitrogens is 4. The monoisotopic (exact) mass is 880 g/mol. The molecule has 4 aromatic rings. The molecule has 0 amide bonds. The zero-order chi connectivity index (χ0) is 45.1. The van der Waals surface area contributed by atoms with Gasteiger partial charge in [0.15, 0.2) is 35.2 Å². The average Bonchev–Trinajstić information content (AvgIpc) is 3.32. The number of ether oxygens (including phenoxy) is 8. The van der Waals surface area contributed by atoms with Gasteiger partial charge in [-0.05, 0) is 87.8 Å². The molecule has 4 aliphatic rings. The Morgan fingerprint density at radius 1 is 0.578 bits per heavy atom. The molecule has 8 atom stereocenters. The molecule has 2 N–H and O–H groups in total. The second kappa shape index (κ2) is 19.1. The molecule has 338 valence electrons. The van der Waals surface area contributed by atoms with Crippen LogP contribution < -0.4 is 28.4 Å². The van der Waals surface area contributed by atoms with Crippen molar-refractivity contribution in [3.05, 3.63) is 82.4 Å². The Kier molecular flexibility index (Phi) is 13.2. The quantitative estimate of drug-likeness (QED) is 0.159. The van der Waals surface area contributed by atoms with Crippen LogP contribution in [-0.4, -0.2) is 132 Å². The minimum atomic E-state index is -2.18. The molecule has 2 unspecified atom stereocenters. The standard InChI is InChI=1S/C46H52N6O12/c1-7-61-37-15-27-29-13-25(9-11-33(29)51-39(31(27)17-35(37)57-3)23-19-47-45(59-5)48-20-23)63-43(55)41(53)42(54)44(56)64-26-10-12-34-30(14-26)28-16-38(62-8-2)36(58-4)18-32(28)40(52-34)24-21-49-46(60-6)50-22-24/h15-22,25-26,29-30,33-34,41-42,53-54H,7-14H2,1-6H3/t25-,26-,29-,30-,33-,34-,41?,42?/m0/s1. The predicted molar refractivity (Wildman–Crippen MR) is 229 cm³/mol. The van der Waals surface area contributed by atoms with Gasteiger partial charge < -0.3 is 48.1 Å². The summed E-state index contributed by atoms with van der Waals surface area (Å²) in [4.78, 5) is 54.3. The van der Waals surface area contributed by atoms with Crippen molar-refractivity contribution in [1.29, 1.82) is 0 Å². The third-order valence-electron chi connectivity index (χ3n) is 12.2. The normalized spacial score (nSPS) is 22.9. The van der Waals surface area contributed by atoms with Gasteiger partial charge in [0.25, 0.3) is 0 Å². The maximum Gasteiger partial charge on any atom is 0.338 e. The van der Waals surface area contributed by atoms with Crippen LogP contribution in [-0.2, 0) is 19.1 Å². The SMILES string of the molecule is CCOc1cc2c(cc1OC)C(c1cnc(OC)nc1)=N[C@H]1CC[C@H](OC(=O)C(O)C(O)C(=O)O[C@H]3CC[C@@H]4N=C(c5cnc(OC)nc5)c5cc(OC)c(OCC)cc5[C@@H]4C3)C[C@@H]21. The maximum atomic E-state index is 13.4. The van der Waals surface area contributed by atoms with Gasteiger partial charge in [0.2, 0.25) is 0 Å². The first-order valence-corrected chi connectivity index (χ1v) is 21.4. The number of esters is 2. The van der Waals surface area contributed by atoms with Crippen molar-refractivity contribution >= 4 is 23.4 Å². The molecule has 0 bridgehead atoms. The molecule has 4 heterocycles. The van der Waals surface area contributed by atoms with E-state index in [2.05, 4.69) is 19.9 Å². The number of aliphatic imine (C=N–C) groups is 2. The first-order valence-electron chi connectivity index (χ1n) is 21.4. The van der Waals surface area contributed by atoms with Gasteiger partial charge in [0.05, 0.1) is 65.2 Å². The fourth-order valence-electron chi connectivity index (χ4n) is 9.20. The zero-order valence-corrected chi connectivity index (χ0v) is 36.6. The largest absolute Gasteiger partial charge is 0.493 e. The summed E-state index contributed by atoms with van der Waals surface area (Å²) in [5.41, 5.74) is 6.18. The molecule has 0 spiro atoms.